The number of pyridine rings is 2. The normalized spacial score (nSPS) is 9.00. The summed E-state index contributed by atoms with van der Waals surface area (Å²) in [7, 11) is 0. The Hall–Kier alpha value is -4.67. The average Bonchev–Trinajstić information content (AvgIpc) is 3.82. The molecule has 8 nitrogen and oxygen atoms in total. The van der Waals surface area contributed by atoms with Crippen molar-refractivity contribution in [3.8, 4) is 0 Å². The van der Waals surface area contributed by atoms with E-state index in [0.29, 0.717) is 21.5 Å². The molecule has 2 aromatic carbocycles. The first-order chi connectivity index (χ1) is 23.3. The fourth-order valence-corrected chi connectivity index (χ4v) is 5.59. The number of anilines is 2. The molecule has 12 heteroatoms. The minimum Gasteiger partial charge on any atom is -0.359 e. The summed E-state index contributed by atoms with van der Waals surface area (Å²) < 4.78 is 0.572. The third-order valence-electron chi connectivity index (χ3n) is 6.27. The zero-order chi connectivity index (χ0) is 36.2. The Labute approximate surface area is 307 Å². The number of carbonyl (C=O) groups is 2. The molecule has 0 spiro atoms. The maximum absolute atomic E-state index is 12.2. The summed E-state index contributed by atoms with van der Waals surface area (Å²) in [5.74, 6) is -0.787. The van der Waals surface area contributed by atoms with Crippen molar-refractivity contribution in [3.05, 3.63) is 127 Å². The summed E-state index contributed by atoms with van der Waals surface area (Å²) in [6.45, 7) is 19.8. The van der Waals surface area contributed by atoms with Crippen LogP contribution in [0.5, 0.6) is 0 Å². The Bertz CT molecular complexity index is 1860. The Morgan fingerprint density at radius 1 is 0.580 bits per heavy atom. The van der Waals surface area contributed by atoms with E-state index in [1.165, 1.54) is 35.1 Å². The van der Waals surface area contributed by atoms with Gasteiger partial charge in [0.1, 0.15) is 16.0 Å². The minimum atomic E-state index is -0.395. The third-order valence-corrected chi connectivity index (χ3v) is 8.02. The van der Waals surface area contributed by atoms with Crippen molar-refractivity contribution in [2.24, 2.45) is 0 Å². The molecule has 50 heavy (non-hydrogen) atoms. The van der Waals surface area contributed by atoms with E-state index in [4.69, 9.17) is 0 Å². The number of fused-ring (bicyclic) bond motifs is 2. The van der Waals surface area contributed by atoms with E-state index in [-0.39, 0.29) is 38.8 Å². The van der Waals surface area contributed by atoms with Gasteiger partial charge in [-0.1, -0.05) is 91.8 Å². The van der Waals surface area contributed by atoms with E-state index in [2.05, 4.69) is 20.6 Å². The van der Waals surface area contributed by atoms with Crippen LogP contribution >= 0.6 is 22.7 Å². The molecule has 0 aliphatic carbocycles. The molecule has 0 bridgehead atoms. The number of carbonyl (C=O) groups excluding carboxylic acids is 2. The molecule has 0 saturated carbocycles. The average molecular weight is 711 g/mol. The second-order valence-electron chi connectivity index (χ2n) is 8.93. The second-order valence-corrected chi connectivity index (χ2v) is 10.8. The number of aryl methyl sites for hydroxylation is 2. The molecule has 6 aromatic rings. The molecular formula is C38H48B2N4O4S2. The first-order valence-electron chi connectivity index (χ1n) is 16.2. The molecule has 262 valence electrons. The summed E-state index contributed by atoms with van der Waals surface area (Å²) in [4.78, 5) is 55.6. The number of nitrogens with one attached hydrogen (secondary N) is 4. The van der Waals surface area contributed by atoms with Gasteiger partial charge in [-0.3, -0.25) is 19.2 Å². The monoisotopic (exact) mass is 710 g/mol. The SMILES string of the molecule is CC.CC.CC.CC.Cc1ccccc1NC(=O)c1c[nH]c2ccsc2c1=O.Cc1ccccc1NC(=O)c1c[nH]c2sccc2c1=O.[B].[B]. The second kappa shape index (κ2) is 25.3. The Morgan fingerprint density at radius 3 is 1.52 bits per heavy atom. The molecule has 0 aliphatic heterocycles. The van der Waals surface area contributed by atoms with Gasteiger partial charge in [-0.15, -0.1) is 22.7 Å². The summed E-state index contributed by atoms with van der Waals surface area (Å²) in [6.07, 6.45) is 2.93. The molecule has 4 heterocycles. The van der Waals surface area contributed by atoms with Gasteiger partial charge < -0.3 is 20.6 Å². The zero-order valence-electron chi connectivity index (χ0n) is 30.7. The third kappa shape index (κ3) is 12.3. The number of thiophene rings is 2. The van der Waals surface area contributed by atoms with Crippen LogP contribution < -0.4 is 21.5 Å². The van der Waals surface area contributed by atoms with Crippen molar-refractivity contribution >= 4 is 83.1 Å². The largest absolute Gasteiger partial charge is 0.359 e. The van der Waals surface area contributed by atoms with Gasteiger partial charge in [0, 0.05) is 40.6 Å². The van der Waals surface area contributed by atoms with Crippen LogP contribution in [0.15, 0.2) is 93.4 Å². The molecular weight excluding hydrogens is 662 g/mol. The van der Waals surface area contributed by atoms with E-state index in [1.807, 2.05) is 135 Å². The number of para-hydroxylation sites is 2. The Balaban J connectivity index is 0. The number of hydrogen-bond acceptors (Lipinski definition) is 6. The van der Waals surface area contributed by atoms with Crippen LogP contribution in [-0.2, 0) is 0 Å². The number of aromatic nitrogens is 2. The molecule has 0 atom stereocenters. The van der Waals surface area contributed by atoms with E-state index in [0.717, 1.165) is 21.5 Å². The van der Waals surface area contributed by atoms with E-state index in [1.54, 1.807) is 6.07 Å². The van der Waals surface area contributed by atoms with Gasteiger partial charge in [-0.2, -0.15) is 0 Å². The molecule has 0 fully saturated rings. The summed E-state index contributed by atoms with van der Waals surface area (Å²) in [5, 5.41) is 9.74. The van der Waals surface area contributed by atoms with Gasteiger partial charge >= 0.3 is 0 Å². The molecule has 0 saturated heterocycles. The lowest BCUT2D eigenvalue weighted by Crippen LogP contribution is -2.21. The highest BCUT2D eigenvalue weighted by atomic mass is 32.1. The van der Waals surface area contributed by atoms with Crippen LogP contribution in [-0.4, -0.2) is 38.6 Å². The quantitative estimate of drug-likeness (QED) is 0.136. The smallest absolute Gasteiger partial charge is 0.261 e. The summed E-state index contributed by atoms with van der Waals surface area (Å²) >= 11 is 2.77. The van der Waals surface area contributed by atoms with Crippen molar-refractivity contribution < 1.29 is 9.59 Å². The summed E-state index contributed by atoms with van der Waals surface area (Å²) in [5.41, 5.74) is 3.86. The molecule has 2 amide bonds. The van der Waals surface area contributed by atoms with Crippen LogP contribution in [0.4, 0.5) is 11.4 Å². The summed E-state index contributed by atoms with van der Waals surface area (Å²) in [6, 6.07) is 18.5. The number of benzene rings is 2. The highest BCUT2D eigenvalue weighted by molar-refractivity contribution is 7.17. The molecule has 0 unspecified atom stereocenters. The molecule has 6 radical (unpaired) electrons. The molecule has 6 rings (SSSR count). The number of amides is 2. The van der Waals surface area contributed by atoms with Gasteiger partial charge in [-0.25, -0.2) is 0 Å². The molecule has 4 N–H and O–H groups in total. The fraction of sp³-hybridized carbons (Fsp3) is 0.263. The predicted octanol–water partition coefficient (Wildman–Crippen LogP) is 9.64. The standard InChI is InChI=1S/2C15H12N2O2S.4C2H6.2B/c1-9-4-2-3-5-11(9)17-15(19)10-8-16-12-6-7-20-14(12)13(10)18;1-9-4-2-3-5-12(9)17-14(19)11-8-16-15-10(13(11)18)6-7-20-15;4*1-2;;/h2*2-8H,1H3,(H,16,18)(H,17,19);4*1-2H3;;. The van der Waals surface area contributed by atoms with Gasteiger partial charge in [0.05, 0.1) is 15.6 Å². The lowest BCUT2D eigenvalue weighted by Gasteiger charge is -2.07. The van der Waals surface area contributed by atoms with Crippen molar-refractivity contribution in [1.82, 2.24) is 9.97 Å². The first-order valence-corrected chi connectivity index (χ1v) is 18.0. The van der Waals surface area contributed by atoms with Gasteiger partial charge in [0.15, 0.2) is 0 Å². The fourth-order valence-electron chi connectivity index (χ4n) is 4.03. The van der Waals surface area contributed by atoms with Crippen molar-refractivity contribution in [1.29, 1.82) is 0 Å². The Morgan fingerprint density at radius 2 is 1.02 bits per heavy atom. The van der Waals surface area contributed by atoms with Crippen molar-refractivity contribution in [3.63, 3.8) is 0 Å². The van der Waals surface area contributed by atoms with Crippen LogP contribution in [0, 0.1) is 13.8 Å². The van der Waals surface area contributed by atoms with Gasteiger partial charge in [-0.05, 0) is 60.0 Å². The maximum Gasteiger partial charge on any atom is 0.261 e. The van der Waals surface area contributed by atoms with Crippen molar-refractivity contribution in [2.75, 3.05) is 10.6 Å². The highest BCUT2D eigenvalue weighted by Gasteiger charge is 2.15. The number of hydrogen-bond donors (Lipinski definition) is 4. The van der Waals surface area contributed by atoms with E-state index in [9.17, 15) is 19.2 Å². The van der Waals surface area contributed by atoms with Crippen LogP contribution in [0.2, 0.25) is 0 Å². The predicted molar refractivity (Wildman–Crippen MR) is 220 cm³/mol. The number of aromatic amines is 2. The lowest BCUT2D eigenvalue weighted by atomic mass is 10.1. The maximum atomic E-state index is 12.2. The molecule has 4 aromatic heterocycles. The number of H-pyrrole nitrogens is 2. The highest BCUT2D eigenvalue weighted by Crippen LogP contribution is 2.18. The van der Waals surface area contributed by atoms with Crippen LogP contribution in [0.1, 0.15) is 87.2 Å². The number of rotatable bonds is 4. The molecule has 0 aliphatic rings. The topological polar surface area (TPSA) is 124 Å². The van der Waals surface area contributed by atoms with Crippen LogP contribution in [0.25, 0.3) is 20.4 Å². The van der Waals surface area contributed by atoms with E-state index < -0.39 is 11.8 Å². The first kappa shape index (κ1) is 47.4. The zero-order valence-corrected chi connectivity index (χ0v) is 32.3. The minimum absolute atomic E-state index is 0. The Kier molecular flexibility index (Phi) is 24.0. The van der Waals surface area contributed by atoms with Crippen LogP contribution in [0.3, 0.4) is 0 Å². The van der Waals surface area contributed by atoms with Crippen molar-refractivity contribution in [2.45, 2.75) is 69.2 Å². The lowest BCUT2D eigenvalue weighted by molar-refractivity contribution is 0.101. The van der Waals surface area contributed by atoms with Gasteiger partial charge in [0.2, 0.25) is 10.9 Å². The van der Waals surface area contributed by atoms with Gasteiger partial charge in [0.25, 0.3) is 11.8 Å². The van der Waals surface area contributed by atoms with E-state index >= 15 is 0 Å².